The molecule has 1 aliphatic rings. The summed E-state index contributed by atoms with van der Waals surface area (Å²) in [5, 5.41) is -0.201. The number of sulfone groups is 1. The standard InChI is InChI=1S/C10H11BrO3S/c1-14-9-6-7(11)2-5-10(9)15(12,13)8-3-4-8/h2,5-6,8H,3-4H2,1H3. The Labute approximate surface area is 97.5 Å². The van der Waals surface area contributed by atoms with Gasteiger partial charge in [0, 0.05) is 4.47 Å². The summed E-state index contributed by atoms with van der Waals surface area (Å²) in [6, 6.07) is 4.99. The van der Waals surface area contributed by atoms with Crippen LogP contribution in [-0.2, 0) is 9.84 Å². The fraction of sp³-hybridized carbons (Fsp3) is 0.400. The summed E-state index contributed by atoms with van der Waals surface area (Å²) in [7, 11) is -1.69. The first kappa shape index (κ1) is 11.0. The number of methoxy groups -OCH3 is 1. The smallest absolute Gasteiger partial charge is 0.184 e. The molecule has 0 amide bonds. The molecule has 3 nitrogen and oxygen atoms in total. The van der Waals surface area contributed by atoms with Crippen LogP contribution in [0.1, 0.15) is 12.8 Å². The Kier molecular flexibility index (Phi) is 2.77. The maximum absolute atomic E-state index is 12.0. The quantitative estimate of drug-likeness (QED) is 0.859. The van der Waals surface area contributed by atoms with Gasteiger partial charge in [0.25, 0.3) is 0 Å². The Bertz CT molecular complexity index is 477. The molecule has 1 fully saturated rings. The summed E-state index contributed by atoms with van der Waals surface area (Å²) < 4.78 is 29.9. The second-order valence-corrected chi connectivity index (χ2v) is 6.65. The minimum Gasteiger partial charge on any atom is -0.495 e. The molecular formula is C10H11BrO3S. The molecule has 82 valence electrons. The van der Waals surface area contributed by atoms with E-state index in [9.17, 15) is 8.42 Å². The molecule has 1 aromatic rings. The third kappa shape index (κ3) is 2.03. The zero-order valence-electron chi connectivity index (χ0n) is 8.23. The van der Waals surface area contributed by atoms with Crippen LogP contribution in [0.4, 0.5) is 0 Å². The lowest BCUT2D eigenvalue weighted by Gasteiger charge is -2.08. The lowest BCUT2D eigenvalue weighted by atomic mass is 10.3. The van der Waals surface area contributed by atoms with E-state index in [-0.39, 0.29) is 5.25 Å². The Balaban J connectivity index is 2.52. The average Bonchev–Trinajstić information content (AvgIpc) is 3.00. The third-order valence-electron chi connectivity index (χ3n) is 2.40. The Hall–Kier alpha value is -0.550. The zero-order chi connectivity index (χ0) is 11.1. The summed E-state index contributed by atoms with van der Waals surface area (Å²) in [6.07, 6.45) is 1.53. The molecule has 0 N–H and O–H groups in total. The Morgan fingerprint density at radius 3 is 2.60 bits per heavy atom. The van der Waals surface area contributed by atoms with Crippen LogP contribution in [0.2, 0.25) is 0 Å². The highest BCUT2D eigenvalue weighted by molar-refractivity contribution is 9.10. The second-order valence-electron chi connectivity index (χ2n) is 3.54. The van der Waals surface area contributed by atoms with Crippen LogP contribution in [0.5, 0.6) is 5.75 Å². The monoisotopic (exact) mass is 290 g/mol. The van der Waals surface area contributed by atoms with Gasteiger partial charge in [-0.3, -0.25) is 0 Å². The number of halogens is 1. The Morgan fingerprint density at radius 2 is 2.07 bits per heavy atom. The van der Waals surface area contributed by atoms with Crippen molar-refractivity contribution in [2.24, 2.45) is 0 Å². The SMILES string of the molecule is COc1cc(Br)ccc1S(=O)(=O)C1CC1. The molecule has 2 rings (SSSR count). The van der Waals surface area contributed by atoms with Gasteiger partial charge in [0.15, 0.2) is 9.84 Å². The van der Waals surface area contributed by atoms with Crippen molar-refractivity contribution >= 4 is 25.8 Å². The molecule has 1 aliphatic carbocycles. The summed E-state index contributed by atoms with van der Waals surface area (Å²) in [6.45, 7) is 0. The van der Waals surface area contributed by atoms with E-state index in [2.05, 4.69) is 15.9 Å². The first-order valence-corrected chi connectivity index (χ1v) is 6.97. The lowest BCUT2D eigenvalue weighted by molar-refractivity contribution is 0.402. The molecule has 5 heteroatoms. The van der Waals surface area contributed by atoms with Crippen molar-refractivity contribution in [1.82, 2.24) is 0 Å². The van der Waals surface area contributed by atoms with Crippen molar-refractivity contribution in [2.45, 2.75) is 23.0 Å². The fourth-order valence-corrected chi connectivity index (χ4v) is 3.57. The van der Waals surface area contributed by atoms with Crippen molar-refractivity contribution in [1.29, 1.82) is 0 Å². The molecule has 0 atom stereocenters. The van der Waals surface area contributed by atoms with E-state index in [0.717, 1.165) is 17.3 Å². The van der Waals surface area contributed by atoms with Gasteiger partial charge in [0.2, 0.25) is 0 Å². The first-order chi connectivity index (χ1) is 7.05. The van der Waals surface area contributed by atoms with Crippen molar-refractivity contribution in [3.05, 3.63) is 22.7 Å². The van der Waals surface area contributed by atoms with Crippen molar-refractivity contribution < 1.29 is 13.2 Å². The van der Waals surface area contributed by atoms with E-state index < -0.39 is 9.84 Å². The molecule has 0 unspecified atom stereocenters. The lowest BCUT2D eigenvalue weighted by Crippen LogP contribution is -2.08. The number of benzene rings is 1. The van der Waals surface area contributed by atoms with Crippen LogP contribution in [0, 0.1) is 0 Å². The summed E-state index contributed by atoms with van der Waals surface area (Å²) in [4.78, 5) is 0.302. The molecule has 0 spiro atoms. The van der Waals surface area contributed by atoms with Gasteiger partial charge in [-0.25, -0.2) is 8.42 Å². The number of ether oxygens (including phenoxy) is 1. The minimum absolute atomic E-state index is 0.201. The average molecular weight is 291 g/mol. The van der Waals surface area contributed by atoms with Crippen LogP contribution < -0.4 is 4.74 Å². The summed E-state index contributed by atoms with van der Waals surface area (Å²) >= 11 is 3.28. The molecule has 15 heavy (non-hydrogen) atoms. The van der Waals surface area contributed by atoms with Gasteiger partial charge in [0.1, 0.15) is 10.6 Å². The van der Waals surface area contributed by atoms with Crippen molar-refractivity contribution in [2.75, 3.05) is 7.11 Å². The van der Waals surface area contributed by atoms with Gasteiger partial charge in [-0.1, -0.05) is 15.9 Å². The highest BCUT2D eigenvalue weighted by Gasteiger charge is 2.38. The molecule has 1 aromatic carbocycles. The predicted molar refractivity (Wildman–Crippen MR) is 60.9 cm³/mol. The number of hydrogen-bond acceptors (Lipinski definition) is 3. The minimum atomic E-state index is -3.17. The van der Waals surface area contributed by atoms with Crippen molar-refractivity contribution in [3.8, 4) is 5.75 Å². The highest BCUT2D eigenvalue weighted by atomic mass is 79.9. The maximum Gasteiger partial charge on any atom is 0.184 e. The number of rotatable bonds is 3. The van der Waals surface area contributed by atoms with Gasteiger partial charge >= 0.3 is 0 Å². The summed E-state index contributed by atoms with van der Waals surface area (Å²) in [5.41, 5.74) is 0. The third-order valence-corrected chi connectivity index (χ3v) is 5.19. The first-order valence-electron chi connectivity index (χ1n) is 4.63. The van der Waals surface area contributed by atoms with Crippen LogP contribution in [0.3, 0.4) is 0 Å². The molecule has 0 heterocycles. The molecule has 0 saturated heterocycles. The van der Waals surface area contributed by atoms with Gasteiger partial charge < -0.3 is 4.74 Å². The topological polar surface area (TPSA) is 43.4 Å². The van der Waals surface area contributed by atoms with E-state index in [1.807, 2.05) is 0 Å². The number of hydrogen-bond donors (Lipinski definition) is 0. The Morgan fingerprint density at radius 1 is 1.40 bits per heavy atom. The van der Waals surface area contributed by atoms with Gasteiger partial charge in [-0.15, -0.1) is 0 Å². The van der Waals surface area contributed by atoms with Crippen LogP contribution >= 0.6 is 15.9 Å². The van der Waals surface area contributed by atoms with E-state index in [0.29, 0.717) is 10.6 Å². The maximum atomic E-state index is 12.0. The van der Waals surface area contributed by atoms with E-state index >= 15 is 0 Å². The van der Waals surface area contributed by atoms with E-state index in [4.69, 9.17) is 4.74 Å². The largest absolute Gasteiger partial charge is 0.495 e. The van der Waals surface area contributed by atoms with Gasteiger partial charge in [-0.05, 0) is 31.0 Å². The molecular weight excluding hydrogens is 280 g/mol. The second kappa shape index (κ2) is 3.79. The molecule has 0 aromatic heterocycles. The predicted octanol–water partition coefficient (Wildman–Crippen LogP) is 2.39. The normalized spacial score (nSPS) is 16.4. The van der Waals surface area contributed by atoms with Crippen LogP contribution in [-0.4, -0.2) is 20.8 Å². The zero-order valence-corrected chi connectivity index (χ0v) is 10.6. The summed E-state index contributed by atoms with van der Waals surface area (Å²) in [5.74, 6) is 0.413. The highest BCUT2D eigenvalue weighted by Crippen LogP contribution is 2.38. The van der Waals surface area contributed by atoms with Crippen LogP contribution in [0.15, 0.2) is 27.6 Å². The van der Waals surface area contributed by atoms with E-state index in [1.54, 1.807) is 18.2 Å². The molecule has 0 aliphatic heterocycles. The fourth-order valence-electron chi connectivity index (χ4n) is 1.43. The molecule has 0 bridgehead atoms. The van der Waals surface area contributed by atoms with Gasteiger partial charge in [0.05, 0.1) is 12.4 Å². The van der Waals surface area contributed by atoms with Crippen molar-refractivity contribution in [3.63, 3.8) is 0 Å². The van der Waals surface area contributed by atoms with E-state index in [1.165, 1.54) is 7.11 Å². The van der Waals surface area contributed by atoms with Gasteiger partial charge in [-0.2, -0.15) is 0 Å². The molecule has 0 radical (unpaired) electrons. The molecule has 1 saturated carbocycles. The van der Waals surface area contributed by atoms with Crippen LogP contribution in [0.25, 0.3) is 0 Å².